The Balaban J connectivity index is 1.84. The van der Waals surface area contributed by atoms with Gasteiger partial charge in [0.15, 0.2) is 0 Å². The van der Waals surface area contributed by atoms with Crippen LogP contribution in [-0.2, 0) is 0 Å². The van der Waals surface area contributed by atoms with E-state index >= 15 is 0 Å². The Hall–Kier alpha value is -3.26. The lowest BCUT2D eigenvalue weighted by atomic mass is 10.1. The highest BCUT2D eigenvalue weighted by Gasteiger charge is 2.26. The topological polar surface area (TPSA) is 94.2 Å². The normalized spacial score (nSPS) is 11.8. The van der Waals surface area contributed by atoms with Gasteiger partial charge in [-0.3, -0.25) is 14.9 Å². The van der Waals surface area contributed by atoms with E-state index in [-0.39, 0.29) is 22.3 Å². The summed E-state index contributed by atoms with van der Waals surface area (Å²) >= 11 is 5.82. The van der Waals surface area contributed by atoms with Crippen LogP contribution in [-0.4, -0.2) is 37.5 Å². The van der Waals surface area contributed by atoms with Gasteiger partial charge in [0.05, 0.1) is 16.7 Å². The van der Waals surface area contributed by atoms with Crippen LogP contribution in [0.3, 0.4) is 0 Å². The molecule has 0 saturated carbocycles. The van der Waals surface area contributed by atoms with Crippen LogP contribution < -0.4 is 0 Å². The Morgan fingerprint density at radius 2 is 1.96 bits per heavy atom. The van der Waals surface area contributed by atoms with Crippen LogP contribution in [0, 0.1) is 10.1 Å². The Morgan fingerprint density at radius 1 is 1.26 bits per heavy atom. The number of halogens is 1. The minimum atomic E-state index is -0.607. The van der Waals surface area contributed by atoms with E-state index in [0.29, 0.717) is 0 Å². The maximum Gasteiger partial charge on any atom is 0.283 e. The predicted octanol–water partition coefficient (Wildman–Crippen LogP) is 3.66. The first-order chi connectivity index (χ1) is 12.9. The molecule has 138 valence electrons. The van der Waals surface area contributed by atoms with Crippen molar-refractivity contribution in [3.8, 4) is 5.69 Å². The minimum absolute atomic E-state index is 0.00187. The average molecular weight is 386 g/mol. The van der Waals surface area contributed by atoms with Gasteiger partial charge in [0.25, 0.3) is 11.6 Å². The molecule has 0 aliphatic rings. The Bertz CT molecular complexity index is 973. The molecule has 0 N–H and O–H groups in total. The molecule has 3 rings (SSSR count). The third-order valence-corrected chi connectivity index (χ3v) is 4.58. The number of hydrogen-bond acceptors (Lipinski definition) is 5. The summed E-state index contributed by atoms with van der Waals surface area (Å²) in [5.41, 5.74) is 1.41. The molecule has 1 heterocycles. The number of nitro groups is 1. The number of hydrogen-bond donors (Lipinski definition) is 0. The van der Waals surface area contributed by atoms with Gasteiger partial charge in [-0.05, 0) is 36.8 Å². The number of rotatable bonds is 5. The predicted molar refractivity (Wildman–Crippen MR) is 100.0 cm³/mol. The molecule has 1 aromatic heterocycles. The molecule has 0 aliphatic heterocycles. The zero-order valence-corrected chi connectivity index (χ0v) is 15.4. The van der Waals surface area contributed by atoms with E-state index in [2.05, 4.69) is 10.1 Å². The highest BCUT2D eigenvalue weighted by atomic mass is 35.5. The van der Waals surface area contributed by atoms with E-state index in [1.54, 1.807) is 18.1 Å². The SMILES string of the molecule is C[C@H](c1ccc(-n2cncn2)cc1)N(C)C(=O)c1ccc(Cl)cc1[N+](=O)[O-]. The van der Waals surface area contributed by atoms with Crippen molar-refractivity contribution in [1.29, 1.82) is 0 Å². The second-order valence-electron chi connectivity index (χ2n) is 5.94. The first-order valence-corrected chi connectivity index (χ1v) is 8.42. The zero-order chi connectivity index (χ0) is 19.6. The van der Waals surface area contributed by atoms with E-state index in [9.17, 15) is 14.9 Å². The molecule has 1 amide bonds. The second kappa shape index (κ2) is 7.55. The van der Waals surface area contributed by atoms with Crippen molar-refractivity contribution < 1.29 is 9.72 Å². The number of nitrogens with zero attached hydrogens (tertiary/aromatic N) is 5. The Labute approximate surface area is 160 Å². The van der Waals surface area contributed by atoms with Crippen molar-refractivity contribution >= 4 is 23.2 Å². The van der Waals surface area contributed by atoms with Crippen molar-refractivity contribution in [2.75, 3.05) is 7.05 Å². The van der Waals surface area contributed by atoms with Crippen LogP contribution in [0.5, 0.6) is 0 Å². The minimum Gasteiger partial charge on any atom is -0.335 e. The van der Waals surface area contributed by atoms with Gasteiger partial charge in [-0.15, -0.1) is 0 Å². The highest BCUT2D eigenvalue weighted by molar-refractivity contribution is 6.31. The molecule has 0 aliphatic carbocycles. The van der Waals surface area contributed by atoms with E-state index in [1.165, 1.54) is 29.4 Å². The first-order valence-electron chi connectivity index (χ1n) is 8.04. The molecular weight excluding hydrogens is 370 g/mol. The van der Waals surface area contributed by atoms with Crippen LogP contribution >= 0.6 is 11.6 Å². The van der Waals surface area contributed by atoms with E-state index in [0.717, 1.165) is 11.3 Å². The standard InChI is InChI=1S/C18H16ClN5O3/c1-12(13-3-6-15(7-4-13)23-11-20-10-21-23)22(2)18(25)16-8-5-14(19)9-17(16)24(26)27/h3-12H,1-2H3/t12-/m1/s1. The van der Waals surface area contributed by atoms with Crippen molar-refractivity contribution in [2.45, 2.75) is 13.0 Å². The molecular formula is C18H16ClN5O3. The molecule has 27 heavy (non-hydrogen) atoms. The van der Waals surface area contributed by atoms with Gasteiger partial charge >= 0.3 is 0 Å². The van der Waals surface area contributed by atoms with Gasteiger partial charge in [0.1, 0.15) is 18.2 Å². The van der Waals surface area contributed by atoms with Crippen LogP contribution in [0.4, 0.5) is 5.69 Å². The van der Waals surface area contributed by atoms with Crippen LogP contribution in [0.2, 0.25) is 5.02 Å². The number of amides is 1. The van der Waals surface area contributed by atoms with Gasteiger partial charge in [0.2, 0.25) is 0 Å². The van der Waals surface area contributed by atoms with Crippen molar-refractivity contribution in [3.05, 3.63) is 81.4 Å². The monoisotopic (exact) mass is 385 g/mol. The molecule has 0 spiro atoms. The first kappa shape index (κ1) is 18.5. The summed E-state index contributed by atoms with van der Waals surface area (Å²) in [7, 11) is 1.61. The quantitative estimate of drug-likeness (QED) is 0.493. The van der Waals surface area contributed by atoms with Crippen LogP contribution in [0.1, 0.15) is 28.9 Å². The molecule has 0 radical (unpaired) electrons. The van der Waals surface area contributed by atoms with Crippen LogP contribution in [0.25, 0.3) is 5.69 Å². The van der Waals surface area contributed by atoms with Gasteiger partial charge in [-0.2, -0.15) is 5.10 Å². The maximum absolute atomic E-state index is 12.8. The zero-order valence-electron chi connectivity index (χ0n) is 14.6. The largest absolute Gasteiger partial charge is 0.335 e. The fourth-order valence-corrected chi connectivity index (χ4v) is 2.84. The van der Waals surface area contributed by atoms with Crippen molar-refractivity contribution in [2.24, 2.45) is 0 Å². The third kappa shape index (κ3) is 3.80. The Morgan fingerprint density at radius 3 is 2.56 bits per heavy atom. The molecule has 2 aromatic carbocycles. The lowest BCUT2D eigenvalue weighted by Crippen LogP contribution is -2.30. The fraction of sp³-hybridized carbons (Fsp3) is 0.167. The summed E-state index contributed by atoms with van der Waals surface area (Å²) in [4.78, 5) is 28.8. The van der Waals surface area contributed by atoms with E-state index in [1.807, 2.05) is 31.2 Å². The number of carbonyl (C=O) groups excluding carboxylic acids is 1. The van der Waals surface area contributed by atoms with E-state index in [4.69, 9.17) is 11.6 Å². The molecule has 9 heteroatoms. The lowest BCUT2D eigenvalue weighted by molar-refractivity contribution is -0.385. The van der Waals surface area contributed by atoms with Gasteiger partial charge in [-0.25, -0.2) is 9.67 Å². The fourth-order valence-electron chi connectivity index (χ4n) is 2.67. The maximum atomic E-state index is 12.8. The van der Waals surface area contributed by atoms with Gasteiger partial charge in [-0.1, -0.05) is 23.7 Å². The summed E-state index contributed by atoms with van der Waals surface area (Å²) in [5.74, 6) is -0.453. The molecule has 8 nitrogen and oxygen atoms in total. The molecule has 0 saturated heterocycles. The summed E-state index contributed by atoms with van der Waals surface area (Å²) in [6.45, 7) is 1.85. The summed E-state index contributed by atoms with van der Waals surface area (Å²) < 4.78 is 1.63. The van der Waals surface area contributed by atoms with Gasteiger partial charge < -0.3 is 4.90 Å². The second-order valence-corrected chi connectivity index (χ2v) is 6.38. The summed E-state index contributed by atoms with van der Waals surface area (Å²) in [6.07, 6.45) is 3.04. The summed E-state index contributed by atoms with van der Waals surface area (Å²) in [6, 6.07) is 11.2. The van der Waals surface area contributed by atoms with Crippen molar-refractivity contribution in [3.63, 3.8) is 0 Å². The number of benzene rings is 2. The molecule has 0 unspecified atom stereocenters. The molecule has 3 aromatic rings. The third-order valence-electron chi connectivity index (χ3n) is 4.35. The Kier molecular flexibility index (Phi) is 5.18. The van der Waals surface area contributed by atoms with Gasteiger partial charge in [0, 0.05) is 18.1 Å². The molecule has 0 bridgehead atoms. The number of carbonyl (C=O) groups is 1. The lowest BCUT2D eigenvalue weighted by Gasteiger charge is -2.25. The smallest absolute Gasteiger partial charge is 0.283 e. The van der Waals surface area contributed by atoms with Crippen molar-refractivity contribution in [1.82, 2.24) is 19.7 Å². The molecule has 1 atom stereocenters. The molecule has 0 fully saturated rings. The number of aromatic nitrogens is 3. The van der Waals surface area contributed by atoms with Crippen LogP contribution in [0.15, 0.2) is 55.1 Å². The average Bonchev–Trinajstić information content (AvgIpc) is 3.21. The van der Waals surface area contributed by atoms with E-state index < -0.39 is 10.8 Å². The highest BCUT2D eigenvalue weighted by Crippen LogP contribution is 2.27. The summed E-state index contributed by atoms with van der Waals surface area (Å²) in [5, 5.41) is 15.5. The number of nitro benzene ring substituents is 1.